The number of anilines is 1. The summed E-state index contributed by atoms with van der Waals surface area (Å²) in [4.78, 5) is 14.3. The highest BCUT2D eigenvalue weighted by atomic mass is 35.5. The van der Waals surface area contributed by atoms with E-state index in [0.29, 0.717) is 37.6 Å². The molecule has 0 aliphatic carbocycles. The van der Waals surface area contributed by atoms with Gasteiger partial charge in [-0.3, -0.25) is 10.2 Å². The van der Waals surface area contributed by atoms with Crippen molar-refractivity contribution < 1.29 is 13.9 Å². The van der Waals surface area contributed by atoms with Gasteiger partial charge in [0.05, 0.1) is 36.1 Å². The number of rotatable bonds is 6. The van der Waals surface area contributed by atoms with Gasteiger partial charge in [0, 0.05) is 24.2 Å². The minimum absolute atomic E-state index is 0.0251. The van der Waals surface area contributed by atoms with E-state index in [4.69, 9.17) is 21.7 Å². The number of hydrogen-bond donors (Lipinski definition) is 2. The van der Waals surface area contributed by atoms with E-state index >= 15 is 0 Å². The summed E-state index contributed by atoms with van der Waals surface area (Å²) in [7, 11) is 0. The predicted molar refractivity (Wildman–Crippen MR) is 121 cm³/mol. The third kappa shape index (κ3) is 4.76. The number of amides is 1. The zero-order valence-electron chi connectivity index (χ0n) is 17.1. The van der Waals surface area contributed by atoms with Gasteiger partial charge in [0.2, 0.25) is 5.91 Å². The summed E-state index contributed by atoms with van der Waals surface area (Å²) in [5, 5.41) is 20.3. The molecule has 1 aliphatic heterocycles. The number of aromatic nitrogens is 2. The molecule has 2 heterocycles. The molecule has 7 nitrogen and oxygen atoms in total. The number of benzene rings is 2. The molecule has 0 radical (unpaired) electrons. The van der Waals surface area contributed by atoms with Crippen LogP contribution in [-0.4, -0.2) is 59.6 Å². The Morgan fingerprint density at radius 2 is 1.88 bits per heavy atom. The maximum absolute atomic E-state index is 13.8. The van der Waals surface area contributed by atoms with Crippen molar-refractivity contribution in [2.75, 3.05) is 38.2 Å². The second kappa shape index (κ2) is 9.84. The number of nitrogens with zero attached hydrogens (tertiary/aromatic N) is 3. The summed E-state index contributed by atoms with van der Waals surface area (Å²) in [5.74, 6) is -0.405. The fourth-order valence-corrected chi connectivity index (χ4v) is 3.75. The van der Waals surface area contributed by atoms with Gasteiger partial charge in [-0.1, -0.05) is 54.1 Å². The van der Waals surface area contributed by atoms with Crippen LogP contribution in [0.1, 0.15) is 11.1 Å². The molecular formula is C23H21ClFN5O2. The van der Waals surface area contributed by atoms with E-state index in [2.05, 4.69) is 15.5 Å². The molecule has 2 aromatic carbocycles. The molecule has 0 unspecified atom stereocenters. The molecule has 164 valence electrons. The summed E-state index contributed by atoms with van der Waals surface area (Å²) >= 11 is 6.71. The molecule has 0 bridgehead atoms. The lowest BCUT2D eigenvalue weighted by Crippen LogP contribution is -2.43. The van der Waals surface area contributed by atoms with Crippen LogP contribution in [0.2, 0.25) is 5.02 Å². The molecule has 32 heavy (non-hydrogen) atoms. The quantitative estimate of drug-likeness (QED) is 0.556. The van der Waals surface area contributed by atoms with Crippen molar-refractivity contribution in [3.63, 3.8) is 0 Å². The summed E-state index contributed by atoms with van der Waals surface area (Å²) in [6.07, 6.45) is 0. The lowest BCUT2D eigenvalue weighted by atomic mass is 10.0. The minimum Gasteiger partial charge on any atom is -0.378 e. The van der Waals surface area contributed by atoms with Crippen molar-refractivity contribution >= 4 is 29.0 Å². The van der Waals surface area contributed by atoms with Gasteiger partial charge < -0.3 is 15.0 Å². The van der Waals surface area contributed by atoms with Crippen LogP contribution in [0.3, 0.4) is 0 Å². The molecule has 9 heteroatoms. The maximum atomic E-state index is 13.8. The van der Waals surface area contributed by atoms with E-state index < -0.39 is 5.82 Å². The van der Waals surface area contributed by atoms with Gasteiger partial charge in [0.25, 0.3) is 0 Å². The topological polar surface area (TPSA) is 91.2 Å². The van der Waals surface area contributed by atoms with E-state index in [0.717, 1.165) is 5.56 Å². The van der Waals surface area contributed by atoms with Crippen molar-refractivity contribution in [1.82, 2.24) is 15.1 Å². The summed E-state index contributed by atoms with van der Waals surface area (Å²) in [6.45, 7) is 1.99. The average Bonchev–Trinajstić information content (AvgIpc) is 2.83. The van der Waals surface area contributed by atoms with Crippen LogP contribution in [-0.2, 0) is 9.53 Å². The van der Waals surface area contributed by atoms with Crippen LogP contribution in [0.5, 0.6) is 0 Å². The fourth-order valence-electron chi connectivity index (χ4n) is 3.42. The third-order valence-corrected chi connectivity index (χ3v) is 5.46. The lowest BCUT2D eigenvalue weighted by Gasteiger charge is -2.27. The lowest BCUT2D eigenvalue weighted by molar-refractivity contribution is -0.133. The Balaban J connectivity index is 1.69. The molecule has 0 atom stereocenters. The van der Waals surface area contributed by atoms with E-state index in [1.165, 1.54) is 18.2 Å². The van der Waals surface area contributed by atoms with Crippen molar-refractivity contribution in [2.24, 2.45) is 0 Å². The largest absolute Gasteiger partial charge is 0.378 e. The van der Waals surface area contributed by atoms with E-state index in [-0.39, 0.29) is 34.6 Å². The van der Waals surface area contributed by atoms with Crippen molar-refractivity contribution in [3.05, 3.63) is 76.6 Å². The normalized spacial score (nSPS) is 13.6. The van der Waals surface area contributed by atoms with Gasteiger partial charge >= 0.3 is 0 Å². The second-order valence-corrected chi connectivity index (χ2v) is 7.56. The highest BCUT2D eigenvalue weighted by Crippen LogP contribution is 2.33. The summed E-state index contributed by atoms with van der Waals surface area (Å²) in [5.41, 5.74) is 1.69. The summed E-state index contributed by atoms with van der Waals surface area (Å²) in [6, 6.07) is 14.9. The number of hydrogen-bond acceptors (Lipinski definition) is 6. The minimum atomic E-state index is -0.467. The Hall–Kier alpha value is -3.36. The van der Waals surface area contributed by atoms with E-state index in [1.54, 1.807) is 11.0 Å². The standard InChI is InChI=1S/C23H21ClFN5O2/c24-20-19(21(26)16-7-4-8-17(25)13-16)23(27-14-18(31)30-9-11-32-12-10-30)29-28-22(20)15-5-2-1-3-6-15/h1-8,13,26H,9-12,14H2,(H,27,29). The monoisotopic (exact) mass is 453 g/mol. The van der Waals surface area contributed by atoms with Crippen molar-refractivity contribution in [1.29, 1.82) is 5.41 Å². The summed E-state index contributed by atoms with van der Waals surface area (Å²) < 4.78 is 19.1. The number of halogens is 2. The van der Waals surface area contributed by atoms with Gasteiger partial charge in [-0.15, -0.1) is 10.2 Å². The van der Waals surface area contributed by atoms with Crippen LogP contribution in [0.4, 0.5) is 10.2 Å². The molecule has 1 saturated heterocycles. The van der Waals surface area contributed by atoms with Gasteiger partial charge in [-0.05, 0) is 12.1 Å². The molecule has 1 amide bonds. The highest BCUT2D eigenvalue weighted by Gasteiger charge is 2.23. The van der Waals surface area contributed by atoms with Crippen molar-refractivity contribution in [2.45, 2.75) is 0 Å². The Bertz CT molecular complexity index is 1140. The number of carbonyl (C=O) groups is 1. The van der Waals surface area contributed by atoms with Gasteiger partial charge in [0.15, 0.2) is 5.82 Å². The highest BCUT2D eigenvalue weighted by molar-refractivity contribution is 6.38. The number of nitrogens with one attached hydrogen (secondary N) is 2. The average molecular weight is 454 g/mol. The molecule has 0 spiro atoms. The van der Waals surface area contributed by atoms with Crippen LogP contribution < -0.4 is 5.32 Å². The smallest absolute Gasteiger partial charge is 0.242 e. The van der Waals surface area contributed by atoms with Gasteiger partial charge in [0.1, 0.15) is 11.5 Å². The van der Waals surface area contributed by atoms with Crippen molar-refractivity contribution in [3.8, 4) is 11.3 Å². The van der Waals surface area contributed by atoms with Gasteiger partial charge in [-0.25, -0.2) is 4.39 Å². The maximum Gasteiger partial charge on any atom is 0.242 e. The Kier molecular flexibility index (Phi) is 6.72. The second-order valence-electron chi connectivity index (χ2n) is 7.18. The molecule has 4 rings (SSSR count). The Morgan fingerprint density at radius 1 is 1.12 bits per heavy atom. The van der Waals surface area contributed by atoms with Crippen LogP contribution in [0.25, 0.3) is 11.3 Å². The Labute approximate surface area is 189 Å². The van der Waals surface area contributed by atoms with Gasteiger partial charge in [-0.2, -0.15) is 0 Å². The molecule has 1 fully saturated rings. The van der Waals surface area contributed by atoms with Crippen LogP contribution in [0.15, 0.2) is 54.6 Å². The first kappa shape index (κ1) is 21.9. The van der Waals surface area contributed by atoms with Crippen LogP contribution >= 0.6 is 11.6 Å². The zero-order valence-corrected chi connectivity index (χ0v) is 17.9. The first-order chi connectivity index (χ1) is 15.5. The fraction of sp³-hybridized carbons (Fsp3) is 0.217. The molecule has 1 aliphatic rings. The molecule has 0 saturated carbocycles. The van der Waals surface area contributed by atoms with Crippen LogP contribution in [0, 0.1) is 11.2 Å². The third-order valence-electron chi connectivity index (χ3n) is 5.10. The number of morpholine rings is 1. The molecule has 3 aromatic rings. The first-order valence-corrected chi connectivity index (χ1v) is 10.5. The molecular weight excluding hydrogens is 433 g/mol. The SMILES string of the molecule is N=C(c1cccc(F)c1)c1c(NCC(=O)N2CCOCC2)nnc(-c2ccccc2)c1Cl. The number of ether oxygens (including phenoxy) is 1. The van der Waals surface area contributed by atoms with E-state index in [9.17, 15) is 9.18 Å². The Morgan fingerprint density at radius 3 is 2.59 bits per heavy atom. The predicted octanol–water partition coefficient (Wildman–Crippen LogP) is 3.62. The molecule has 1 aromatic heterocycles. The molecule has 2 N–H and O–H groups in total. The zero-order chi connectivity index (χ0) is 22.5. The first-order valence-electron chi connectivity index (χ1n) is 10.1. The van der Waals surface area contributed by atoms with E-state index in [1.807, 2.05) is 30.3 Å². The number of carbonyl (C=O) groups excluding carboxylic acids is 1.